The van der Waals surface area contributed by atoms with Gasteiger partial charge in [-0.05, 0) is 0 Å². The molecule has 1 aliphatic rings. The molecule has 1 aliphatic carbocycles. The number of hydrogen-bond acceptors (Lipinski definition) is 0. The van der Waals surface area contributed by atoms with E-state index in [0.29, 0.717) is 0 Å². The fourth-order valence-electron chi connectivity index (χ4n) is 1.93. The summed E-state index contributed by atoms with van der Waals surface area (Å²) in [7, 11) is 0. The van der Waals surface area contributed by atoms with Gasteiger partial charge in [-0.25, -0.2) is 0 Å². The van der Waals surface area contributed by atoms with Crippen molar-refractivity contribution in [2.45, 2.75) is 41.0 Å². The van der Waals surface area contributed by atoms with E-state index in [1.54, 1.807) is 0 Å². The molecule has 1 rings (SSSR count). The molecule has 0 amide bonds. The molecule has 0 aromatic heterocycles. The zero-order valence-corrected chi connectivity index (χ0v) is 14.1. The van der Waals surface area contributed by atoms with Crippen LogP contribution in [0.5, 0.6) is 0 Å². The van der Waals surface area contributed by atoms with Gasteiger partial charge in [0.1, 0.15) is 0 Å². The Kier molecular flexibility index (Phi) is 3.24. The first-order chi connectivity index (χ1) is 5.73. The minimum absolute atomic E-state index is 1.22. The molecule has 0 aromatic rings. The Bertz CT molecular complexity index is 231. The predicted octanol–water partition coefficient (Wildman–Crippen LogP) is 4.00. The van der Waals surface area contributed by atoms with Crippen molar-refractivity contribution in [2.24, 2.45) is 0 Å². The van der Waals surface area contributed by atoms with Crippen molar-refractivity contribution in [3.63, 3.8) is 0 Å². The van der Waals surface area contributed by atoms with Crippen LogP contribution in [-0.4, -0.2) is 26.5 Å². The molecule has 0 saturated carbocycles. The van der Waals surface area contributed by atoms with Crippen LogP contribution in [0.2, 0.25) is 34.5 Å². The van der Waals surface area contributed by atoms with Crippen LogP contribution in [0.4, 0.5) is 0 Å². The summed E-state index contributed by atoms with van der Waals surface area (Å²) in [6, 6.07) is 0. The van der Waals surface area contributed by atoms with Gasteiger partial charge in [-0.3, -0.25) is 0 Å². The predicted molar refractivity (Wildman–Crippen MR) is 67.5 cm³/mol. The van der Waals surface area contributed by atoms with Crippen LogP contribution in [0.1, 0.15) is 6.42 Å². The topological polar surface area (TPSA) is 0 Å². The molecule has 0 unspecified atom stereocenters. The normalized spacial score (nSPS) is 18.6. The van der Waals surface area contributed by atoms with Crippen molar-refractivity contribution in [3.05, 3.63) is 21.0 Å². The molecule has 0 heterocycles. The first-order valence-electron chi connectivity index (χ1n) is 5.14. The van der Waals surface area contributed by atoms with Crippen LogP contribution in [0.25, 0.3) is 0 Å². The van der Waals surface area contributed by atoms with Gasteiger partial charge < -0.3 is 0 Å². The first-order valence-corrected chi connectivity index (χ1v) is 19.8. The Morgan fingerprint density at radius 3 is 1.31 bits per heavy atom. The molecular formula is C11H22Ge2. The molecule has 0 saturated heterocycles. The molecule has 0 fully saturated rings. The summed E-state index contributed by atoms with van der Waals surface area (Å²) < 4.78 is 3.63. The molecule has 0 N–H and O–H groups in total. The van der Waals surface area contributed by atoms with E-state index in [2.05, 4.69) is 46.7 Å². The van der Waals surface area contributed by atoms with E-state index in [0.717, 1.165) is 0 Å². The maximum atomic E-state index is 2.51. The number of rotatable bonds is 2. The average molecular weight is 300 g/mol. The van der Waals surface area contributed by atoms with Crippen LogP contribution >= 0.6 is 0 Å². The zero-order chi connectivity index (χ0) is 10.3. The van der Waals surface area contributed by atoms with Gasteiger partial charge in [0.15, 0.2) is 0 Å². The molecular weight excluding hydrogens is 277 g/mol. The summed E-state index contributed by atoms with van der Waals surface area (Å²) in [6.45, 7) is 0. The van der Waals surface area contributed by atoms with Crippen LogP contribution in [0, 0.1) is 0 Å². The first kappa shape index (κ1) is 11.6. The van der Waals surface area contributed by atoms with Crippen LogP contribution < -0.4 is 0 Å². The summed E-state index contributed by atoms with van der Waals surface area (Å²) in [5.74, 6) is 15.1. The average Bonchev–Trinajstić information content (AvgIpc) is 2.27. The van der Waals surface area contributed by atoms with Gasteiger partial charge in [-0.1, -0.05) is 0 Å². The Balaban J connectivity index is 2.99. The second-order valence-electron chi connectivity index (χ2n) is 5.97. The third kappa shape index (κ3) is 2.75. The third-order valence-corrected chi connectivity index (χ3v) is 12.4. The fourth-order valence-corrected chi connectivity index (χ4v) is 17.0. The van der Waals surface area contributed by atoms with Crippen LogP contribution in [0.3, 0.4) is 0 Å². The van der Waals surface area contributed by atoms with Gasteiger partial charge in [0.2, 0.25) is 0 Å². The standard InChI is InChI=1S/C11H22Ge2/c1-12(2,3)10-8-7-9-11(10)13(4,5)6/h8-9H,7H2,1-6H3. The molecule has 0 nitrogen and oxygen atoms in total. The molecule has 0 spiro atoms. The van der Waals surface area contributed by atoms with Gasteiger partial charge in [0, 0.05) is 0 Å². The fraction of sp³-hybridized carbons (Fsp3) is 0.636. The number of allylic oxidation sites excluding steroid dienone is 4. The quantitative estimate of drug-likeness (QED) is 0.676. The van der Waals surface area contributed by atoms with E-state index >= 15 is 0 Å². The zero-order valence-electron chi connectivity index (χ0n) is 9.86. The summed E-state index contributed by atoms with van der Waals surface area (Å²) in [5, 5.41) is 0. The van der Waals surface area contributed by atoms with E-state index < -0.39 is 26.5 Å². The molecule has 0 bridgehead atoms. The summed E-state index contributed by atoms with van der Waals surface area (Å²) in [5.41, 5.74) is 0. The SMILES string of the molecule is [CH3][Ge]([CH3])([CH3])[C]1=CCC=[C]1[Ge]([CH3])([CH3])[CH3]. The number of hydrogen-bond donors (Lipinski definition) is 0. The van der Waals surface area contributed by atoms with Gasteiger partial charge in [-0.2, -0.15) is 0 Å². The van der Waals surface area contributed by atoms with Crippen molar-refractivity contribution < 1.29 is 0 Å². The molecule has 74 valence electrons. The van der Waals surface area contributed by atoms with E-state index in [4.69, 9.17) is 0 Å². The Morgan fingerprint density at radius 1 is 0.769 bits per heavy atom. The van der Waals surface area contributed by atoms with Crippen molar-refractivity contribution in [3.8, 4) is 0 Å². The molecule has 0 aliphatic heterocycles. The molecule has 0 aromatic carbocycles. The van der Waals surface area contributed by atoms with Crippen molar-refractivity contribution in [2.75, 3.05) is 0 Å². The second kappa shape index (κ2) is 3.61. The maximum absolute atomic E-state index is 2.51. The third-order valence-electron chi connectivity index (χ3n) is 2.55. The van der Waals surface area contributed by atoms with Gasteiger partial charge in [0.05, 0.1) is 0 Å². The monoisotopic (exact) mass is 302 g/mol. The van der Waals surface area contributed by atoms with Crippen LogP contribution in [-0.2, 0) is 0 Å². The Labute approximate surface area is 88.2 Å². The summed E-state index contributed by atoms with van der Waals surface area (Å²) in [4.78, 5) is 0. The van der Waals surface area contributed by atoms with E-state index in [9.17, 15) is 0 Å². The van der Waals surface area contributed by atoms with Crippen molar-refractivity contribution in [1.82, 2.24) is 0 Å². The molecule has 13 heavy (non-hydrogen) atoms. The van der Waals surface area contributed by atoms with Crippen molar-refractivity contribution >= 4 is 26.5 Å². The van der Waals surface area contributed by atoms with E-state index in [1.807, 2.05) is 8.81 Å². The van der Waals surface area contributed by atoms with Crippen LogP contribution in [0.15, 0.2) is 21.0 Å². The Hall–Kier alpha value is 0.566. The summed E-state index contributed by atoms with van der Waals surface area (Å²) >= 11 is -3.10. The van der Waals surface area contributed by atoms with Gasteiger partial charge >= 0.3 is 88.5 Å². The molecule has 2 heteroatoms. The minimum atomic E-state index is -1.55. The van der Waals surface area contributed by atoms with E-state index in [-0.39, 0.29) is 0 Å². The second-order valence-corrected chi connectivity index (χ2v) is 27.1. The molecule has 0 atom stereocenters. The van der Waals surface area contributed by atoms with Gasteiger partial charge in [0.25, 0.3) is 0 Å². The van der Waals surface area contributed by atoms with Crippen molar-refractivity contribution in [1.29, 1.82) is 0 Å². The molecule has 0 radical (unpaired) electrons. The van der Waals surface area contributed by atoms with E-state index in [1.165, 1.54) is 6.42 Å². The summed E-state index contributed by atoms with van der Waals surface area (Å²) in [6.07, 6.45) is 6.23. The Morgan fingerprint density at radius 2 is 1.08 bits per heavy atom. The van der Waals surface area contributed by atoms with Gasteiger partial charge in [-0.15, -0.1) is 0 Å².